The molecule has 0 aromatic heterocycles. The first kappa shape index (κ1) is 13.4. The van der Waals surface area contributed by atoms with Crippen LogP contribution in [-0.2, 0) is 0 Å². The third kappa shape index (κ3) is 3.54. The Balaban J connectivity index is 0.000000921. The molecule has 1 aromatic rings. The smallest absolute Gasteiger partial charge is 0.0885 e. The molecule has 0 saturated carbocycles. The minimum absolute atomic E-state index is 0.913. The van der Waals surface area contributed by atoms with Gasteiger partial charge in [0.1, 0.15) is 0 Å². The number of aryl methyl sites for hydroxylation is 2. The summed E-state index contributed by atoms with van der Waals surface area (Å²) in [7, 11) is 0. The average Bonchev–Trinajstić information content (AvgIpc) is 2.25. The van der Waals surface area contributed by atoms with Gasteiger partial charge >= 0.3 is 0 Å². The van der Waals surface area contributed by atoms with Crippen LogP contribution in [0.5, 0.6) is 0 Å². The summed E-state index contributed by atoms with van der Waals surface area (Å²) in [5, 5.41) is 8.85. The molecule has 0 saturated heterocycles. The van der Waals surface area contributed by atoms with E-state index in [0.29, 0.717) is 0 Å². The molecule has 0 aliphatic heterocycles. The van der Waals surface area contributed by atoms with Crippen molar-refractivity contribution in [2.24, 2.45) is 10.2 Å². The molecule has 0 unspecified atom stereocenters. The van der Waals surface area contributed by atoms with Crippen LogP contribution in [0.3, 0.4) is 0 Å². The molecule has 0 aliphatic carbocycles. The molecule has 0 fully saturated rings. The van der Waals surface area contributed by atoms with E-state index in [9.17, 15) is 0 Å². The summed E-state index contributed by atoms with van der Waals surface area (Å²) in [4.78, 5) is 0. The Hall–Kier alpha value is -1.64. The second-order valence-electron chi connectivity index (χ2n) is 2.86. The summed E-state index contributed by atoms with van der Waals surface area (Å²) in [6.45, 7) is 14.9. The number of hydrogen-bond donors (Lipinski definition) is 0. The highest BCUT2D eigenvalue weighted by Crippen LogP contribution is 2.21. The SMILES string of the molecule is C=NN(N=C)c1ccc(C)cc1C.CC. The van der Waals surface area contributed by atoms with Crippen LogP contribution in [0.15, 0.2) is 28.4 Å². The number of benzene rings is 1. The fourth-order valence-corrected chi connectivity index (χ4v) is 1.23. The fraction of sp³-hybridized carbons (Fsp3) is 0.333. The van der Waals surface area contributed by atoms with Gasteiger partial charge < -0.3 is 0 Å². The molecule has 1 rings (SSSR count). The van der Waals surface area contributed by atoms with Crippen molar-refractivity contribution in [3.63, 3.8) is 0 Å². The standard InChI is InChI=1S/C10H13N3.C2H6/c1-8-5-6-10(9(2)7-8)13(11-3)12-4;1-2/h5-7H,3-4H2,1-2H3;1-2H3. The first-order valence-corrected chi connectivity index (χ1v) is 4.99. The predicted octanol–water partition coefficient (Wildman–Crippen LogP) is 3.37. The maximum absolute atomic E-state index is 3.72. The second-order valence-corrected chi connectivity index (χ2v) is 2.86. The zero-order chi connectivity index (χ0) is 11.8. The van der Waals surface area contributed by atoms with E-state index in [-0.39, 0.29) is 0 Å². The van der Waals surface area contributed by atoms with Gasteiger partial charge in [0.2, 0.25) is 0 Å². The summed E-state index contributed by atoms with van der Waals surface area (Å²) < 4.78 is 0. The van der Waals surface area contributed by atoms with Crippen molar-refractivity contribution < 1.29 is 0 Å². The Morgan fingerprint density at radius 1 is 1.07 bits per heavy atom. The van der Waals surface area contributed by atoms with Gasteiger partial charge in [-0.3, -0.25) is 0 Å². The van der Waals surface area contributed by atoms with Crippen molar-refractivity contribution >= 4 is 19.1 Å². The van der Waals surface area contributed by atoms with Crippen molar-refractivity contribution in [2.75, 3.05) is 5.12 Å². The van der Waals surface area contributed by atoms with Crippen LogP contribution in [0.1, 0.15) is 25.0 Å². The molecule has 82 valence electrons. The van der Waals surface area contributed by atoms with Crippen LogP contribution >= 0.6 is 0 Å². The van der Waals surface area contributed by atoms with Crippen molar-refractivity contribution in [1.82, 2.24) is 0 Å². The van der Waals surface area contributed by atoms with Gasteiger partial charge in [-0.2, -0.15) is 15.3 Å². The van der Waals surface area contributed by atoms with E-state index in [4.69, 9.17) is 0 Å². The average molecular weight is 205 g/mol. The van der Waals surface area contributed by atoms with Crippen LogP contribution in [0.2, 0.25) is 0 Å². The maximum Gasteiger partial charge on any atom is 0.0885 e. The Labute approximate surface area is 92.1 Å². The zero-order valence-corrected chi connectivity index (χ0v) is 9.99. The van der Waals surface area contributed by atoms with Crippen molar-refractivity contribution in [1.29, 1.82) is 0 Å². The largest absolute Gasteiger partial charge is 0.167 e. The monoisotopic (exact) mass is 205 g/mol. The van der Waals surface area contributed by atoms with Crippen molar-refractivity contribution in [3.8, 4) is 0 Å². The van der Waals surface area contributed by atoms with E-state index in [1.54, 1.807) is 0 Å². The molecule has 15 heavy (non-hydrogen) atoms. The normalized spacial score (nSPS) is 8.53. The van der Waals surface area contributed by atoms with E-state index in [1.807, 2.05) is 39.8 Å². The first-order valence-electron chi connectivity index (χ1n) is 4.99. The molecular formula is C12H19N3. The van der Waals surface area contributed by atoms with Gasteiger partial charge in [0.15, 0.2) is 0 Å². The van der Waals surface area contributed by atoms with Gasteiger partial charge in [-0.15, -0.1) is 0 Å². The molecule has 0 atom stereocenters. The topological polar surface area (TPSA) is 28.0 Å². The van der Waals surface area contributed by atoms with E-state index in [0.717, 1.165) is 11.3 Å². The number of anilines is 1. The molecule has 3 heteroatoms. The summed E-state index contributed by atoms with van der Waals surface area (Å²) in [6, 6.07) is 6.03. The Kier molecular flexibility index (Phi) is 6.02. The third-order valence-electron chi connectivity index (χ3n) is 1.84. The number of rotatable bonds is 3. The number of hydrogen-bond acceptors (Lipinski definition) is 3. The highest BCUT2D eigenvalue weighted by atomic mass is 15.6. The predicted molar refractivity (Wildman–Crippen MR) is 68.8 cm³/mol. The van der Waals surface area contributed by atoms with Gasteiger partial charge in [0.05, 0.1) is 5.69 Å². The molecule has 3 nitrogen and oxygen atoms in total. The molecule has 1 aromatic carbocycles. The summed E-state index contributed by atoms with van der Waals surface area (Å²) >= 11 is 0. The lowest BCUT2D eigenvalue weighted by molar-refractivity contribution is 0.937. The van der Waals surface area contributed by atoms with E-state index < -0.39 is 0 Å². The minimum atomic E-state index is 0.913. The van der Waals surface area contributed by atoms with Crippen LogP contribution in [0.25, 0.3) is 0 Å². The highest BCUT2D eigenvalue weighted by molar-refractivity contribution is 5.55. The summed E-state index contributed by atoms with van der Waals surface area (Å²) in [5.41, 5.74) is 3.24. The summed E-state index contributed by atoms with van der Waals surface area (Å²) in [6.07, 6.45) is 0. The van der Waals surface area contributed by atoms with Crippen molar-refractivity contribution in [3.05, 3.63) is 29.3 Å². The van der Waals surface area contributed by atoms with Gasteiger partial charge in [0, 0.05) is 13.4 Å². The van der Waals surface area contributed by atoms with Crippen molar-refractivity contribution in [2.45, 2.75) is 27.7 Å². The quantitative estimate of drug-likeness (QED) is 0.549. The highest BCUT2D eigenvalue weighted by Gasteiger charge is 2.04. The van der Waals surface area contributed by atoms with Gasteiger partial charge in [-0.05, 0) is 25.5 Å². The van der Waals surface area contributed by atoms with Crippen LogP contribution < -0.4 is 5.12 Å². The summed E-state index contributed by atoms with van der Waals surface area (Å²) in [5.74, 6) is 0. The van der Waals surface area contributed by atoms with Crippen LogP contribution in [0, 0.1) is 13.8 Å². The van der Waals surface area contributed by atoms with E-state index >= 15 is 0 Å². The van der Waals surface area contributed by atoms with Gasteiger partial charge in [0.25, 0.3) is 0 Å². The second kappa shape index (κ2) is 6.76. The third-order valence-corrected chi connectivity index (χ3v) is 1.84. The molecule has 0 bridgehead atoms. The zero-order valence-electron chi connectivity index (χ0n) is 9.99. The maximum atomic E-state index is 3.72. The first-order chi connectivity index (χ1) is 7.19. The molecule has 0 radical (unpaired) electrons. The molecule has 0 heterocycles. The lowest BCUT2D eigenvalue weighted by Crippen LogP contribution is -2.07. The fourth-order valence-electron chi connectivity index (χ4n) is 1.23. The van der Waals surface area contributed by atoms with Gasteiger partial charge in [-0.25, -0.2) is 0 Å². The Morgan fingerprint density at radius 2 is 1.60 bits per heavy atom. The minimum Gasteiger partial charge on any atom is -0.167 e. The molecule has 0 amide bonds. The van der Waals surface area contributed by atoms with E-state index in [2.05, 4.69) is 29.7 Å². The molecule has 0 aliphatic rings. The Bertz CT molecular complexity index is 324. The van der Waals surface area contributed by atoms with Crippen LogP contribution in [0.4, 0.5) is 5.69 Å². The number of nitrogens with zero attached hydrogens (tertiary/aromatic N) is 3. The van der Waals surface area contributed by atoms with Crippen LogP contribution in [-0.4, -0.2) is 13.4 Å². The molecule has 0 N–H and O–H groups in total. The van der Waals surface area contributed by atoms with Gasteiger partial charge in [-0.1, -0.05) is 31.5 Å². The number of hydrazone groups is 2. The Morgan fingerprint density at radius 3 is 2.00 bits per heavy atom. The van der Waals surface area contributed by atoms with E-state index in [1.165, 1.54) is 10.7 Å². The molecule has 0 spiro atoms. The molecular weight excluding hydrogens is 186 g/mol. The lowest BCUT2D eigenvalue weighted by Gasteiger charge is -2.14. The lowest BCUT2D eigenvalue weighted by atomic mass is 10.1.